The van der Waals surface area contributed by atoms with Crippen LogP contribution in [0.3, 0.4) is 0 Å². The average Bonchev–Trinajstić information content (AvgIpc) is 2.87. The van der Waals surface area contributed by atoms with E-state index in [0.717, 1.165) is 17.9 Å². The van der Waals surface area contributed by atoms with Crippen molar-refractivity contribution in [3.63, 3.8) is 0 Å². The molecule has 3 N–H and O–H groups in total. The molecule has 0 spiro atoms. The topological polar surface area (TPSA) is 82.2 Å². The molecule has 6 heteroatoms. The molecule has 112 valence electrons. The molecule has 0 aliphatic heterocycles. The van der Waals surface area contributed by atoms with E-state index < -0.39 is 0 Å². The molecule has 0 radical (unpaired) electrons. The Morgan fingerprint density at radius 3 is 2.95 bits per heavy atom. The summed E-state index contributed by atoms with van der Waals surface area (Å²) in [4.78, 5) is 16.0. The molecule has 0 saturated heterocycles. The molecular formula is C15H20N4O2. The predicted octanol–water partition coefficient (Wildman–Crippen LogP) is 1.83. The van der Waals surface area contributed by atoms with Crippen molar-refractivity contribution in [2.75, 3.05) is 24.2 Å². The van der Waals surface area contributed by atoms with Crippen LogP contribution in [0.5, 0.6) is 0 Å². The Kier molecular flexibility index (Phi) is 4.81. The highest BCUT2D eigenvalue weighted by Crippen LogP contribution is 2.20. The van der Waals surface area contributed by atoms with Crippen LogP contribution < -0.4 is 11.1 Å². The standard InChI is InChI=1S/C15H20N4O2/c1-3-21-15(20)11-4-5-12(16)13(10-11)17-7-6-14-18-8-9-19(14)2/h4-5,8-10,17H,3,6-7,16H2,1-2H3. The van der Waals surface area contributed by atoms with E-state index >= 15 is 0 Å². The first kappa shape index (κ1) is 14.9. The predicted molar refractivity (Wildman–Crippen MR) is 82.2 cm³/mol. The maximum atomic E-state index is 11.7. The van der Waals surface area contributed by atoms with Crippen LogP contribution in [-0.2, 0) is 18.2 Å². The van der Waals surface area contributed by atoms with Crippen molar-refractivity contribution in [1.82, 2.24) is 9.55 Å². The molecule has 1 aromatic carbocycles. The summed E-state index contributed by atoms with van der Waals surface area (Å²) in [5.41, 5.74) is 7.74. The second-order valence-corrected chi connectivity index (χ2v) is 4.65. The molecule has 2 rings (SSSR count). The van der Waals surface area contributed by atoms with E-state index in [0.29, 0.717) is 24.4 Å². The second kappa shape index (κ2) is 6.78. The summed E-state index contributed by atoms with van der Waals surface area (Å²) in [6.07, 6.45) is 4.45. The first-order valence-corrected chi connectivity index (χ1v) is 6.88. The van der Waals surface area contributed by atoms with Crippen molar-refractivity contribution in [3.8, 4) is 0 Å². The summed E-state index contributed by atoms with van der Waals surface area (Å²) >= 11 is 0. The fourth-order valence-corrected chi connectivity index (χ4v) is 2.00. The van der Waals surface area contributed by atoms with Crippen LogP contribution in [0.25, 0.3) is 0 Å². The van der Waals surface area contributed by atoms with Gasteiger partial charge >= 0.3 is 5.97 Å². The number of hydrogen-bond acceptors (Lipinski definition) is 5. The van der Waals surface area contributed by atoms with Crippen molar-refractivity contribution < 1.29 is 9.53 Å². The number of esters is 1. The monoisotopic (exact) mass is 288 g/mol. The number of nitrogens with zero attached hydrogens (tertiary/aromatic N) is 2. The summed E-state index contributed by atoms with van der Waals surface area (Å²) in [7, 11) is 1.96. The van der Waals surface area contributed by atoms with E-state index in [9.17, 15) is 4.79 Å². The number of nitrogen functional groups attached to an aromatic ring is 1. The molecule has 1 aromatic heterocycles. The van der Waals surface area contributed by atoms with Crippen molar-refractivity contribution in [2.45, 2.75) is 13.3 Å². The number of ether oxygens (including phenoxy) is 1. The quantitative estimate of drug-likeness (QED) is 0.626. The zero-order valence-corrected chi connectivity index (χ0v) is 12.3. The van der Waals surface area contributed by atoms with Crippen LogP contribution in [-0.4, -0.2) is 28.7 Å². The highest BCUT2D eigenvalue weighted by molar-refractivity contribution is 5.92. The van der Waals surface area contributed by atoms with Gasteiger partial charge in [0.2, 0.25) is 0 Å². The highest BCUT2D eigenvalue weighted by atomic mass is 16.5. The van der Waals surface area contributed by atoms with Gasteiger partial charge < -0.3 is 20.4 Å². The average molecular weight is 288 g/mol. The van der Waals surface area contributed by atoms with Gasteiger partial charge in [-0.25, -0.2) is 9.78 Å². The van der Waals surface area contributed by atoms with Gasteiger partial charge in [-0.2, -0.15) is 0 Å². The third-order valence-electron chi connectivity index (χ3n) is 3.15. The SMILES string of the molecule is CCOC(=O)c1ccc(N)c(NCCc2nccn2C)c1. The van der Waals surface area contributed by atoms with Gasteiger partial charge in [-0.1, -0.05) is 0 Å². The molecule has 6 nitrogen and oxygen atoms in total. The Labute approximate surface area is 123 Å². The molecule has 0 atom stereocenters. The lowest BCUT2D eigenvalue weighted by molar-refractivity contribution is 0.0526. The Hall–Kier alpha value is -2.50. The summed E-state index contributed by atoms with van der Waals surface area (Å²) in [5.74, 6) is 0.646. The third kappa shape index (κ3) is 3.75. The summed E-state index contributed by atoms with van der Waals surface area (Å²) in [5, 5.41) is 3.23. The van der Waals surface area contributed by atoms with Crippen LogP contribution in [0.15, 0.2) is 30.6 Å². The molecule has 0 unspecified atom stereocenters. The molecular weight excluding hydrogens is 268 g/mol. The minimum Gasteiger partial charge on any atom is -0.462 e. The number of carbonyl (C=O) groups is 1. The zero-order chi connectivity index (χ0) is 15.2. The zero-order valence-electron chi connectivity index (χ0n) is 12.3. The van der Waals surface area contributed by atoms with Crippen molar-refractivity contribution in [3.05, 3.63) is 42.0 Å². The lowest BCUT2D eigenvalue weighted by Crippen LogP contribution is -2.11. The van der Waals surface area contributed by atoms with Crippen LogP contribution in [0.2, 0.25) is 0 Å². The van der Waals surface area contributed by atoms with Crippen molar-refractivity contribution >= 4 is 17.3 Å². The van der Waals surface area contributed by atoms with E-state index in [1.807, 2.05) is 17.8 Å². The van der Waals surface area contributed by atoms with Gasteiger partial charge in [-0.15, -0.1) is 0 Å². The fourth-order valence-electron chi connectivity index (χ4n) is 2.00. The number of rotatable bonds is 6. The van der Waals surface area contributed by atoms with Crippen molar-refractivity contribution in [1.29, 1.82) is 0 Å². The van der Waals surface area contributed by atoms with Gasteiger partial charge in [0.05, 0.1) is 23.5 Å². The van der Waals surface area contributed by atoms with Gasteiger partial charge in [-0.05, 0) is 25.1 Å². The van der Waals surface area contributed by atoms with Gasteiger partial charge in [0.25, 0.3) is 0 Å². The van der Waals surface area contributed by atoms with Crippen LogP contribution >= 0.6 is 0 Å². The molecule has 0 saturated carbocycles. The highest BCUT2D eigenvalue weighted by Gasteiger charge is 2.09. The summed E-state index contributed by atoms with van der Waals surface area (Å²) < 4.78 is 6.95. The number of nitrogens with two attached hydrogens (primary N) is 1. The summed E-state index contributed by atoms with van der Waals surface area (Å²) in [6.45, 7) is 2.81. The first-order chi connectivity index (χ1) is 10.1. The maximum absolute atomic E-state index is 11.7. The van der Waals surface area contributed by atoms with Crippen LogP contribution in [0.4, 0.5) is 11.4 Å². The molecule has 21 heavy (non-hydrogen) atoms. The maximum Gasteiger partial charge on any atom is 0.338 e. The van der Waals surface area contributed by atoms with E-state index in [2.05, 4.69) is 10.3 Å². The Morgan fingerprint density at radius 1 is 1.48 bits per heavy atom. The first-order valence-electron chi connectivity index (χ1n) is 6.88. The number of aryl methyl sites for hydroxylation is 1. The lowest BCUT2D eigenvalue weighted by Gasteiger charge is -2.11. The summed E-state index contributed by atoms with van der Waals surface area (Å²) in [6, 6.07) is 5.08. The molecule has 0 aliphatic carbocycles. The molecule has 2 aromatic rings. The normalized spacial score (nSPS) is 10.4. The molecule has 0 aliphatic rings. The minimum absolute atomic E-state index is 0.343. The van der Waals surface area contributed by atoms with Gasteiger partial charge in [-0.3, -0.25) is 0 Å². The second-order valence-electron chi connectivity index (χ2n) is 4.65. The molecule has 0 fully saturated rings. The van der Waals surface area contributed by atoms with Gasteiger partial charge in [0, 0.05) is 32.4 Å². The number of anilines is 2. The van der Waals surface area contributed by atoms with Gasteiger partial charge in [0.1, 0.15) is 5.82 Å². The number of carbonyl (C=O) groups excluding carboxylic acids is 1. The molecule has 0 amide bonds. The lowest BCUT2D eigenvalue weighted by atomic mass is 10.1. The third-order valence-corrected chi connectivity index (χ3v) is 3.15. The van der Waals surface area contributed by atoms with E-state index in [-0.39, 0.29) is 5.97 Å². The van der Waals surface area contributed by atoms with E-state index in [1.165, 1.54) is 0 Å². The minimum atomic E-state index is -0.343. The molecule has 0 bridgehead atoms. The van der Waals surface area contributed by atoms with E-state index in [4.69, 9.17) is 10.5 Å². The number of imidazole rings is 1. The van der Waals surface area contributed by atoms with Gasteiger partial charge in [0.15, 0.2) is 0 Å². The fraction of sp³-hybridized carbons (Fsp3) is 0.333. The number of aromatic nitrogens is 2. The van der Waals surface area contributed by atoms with Crippen LogP contribution in [0, 0.1) is 0 Å². The van der Waals surface area contributed by atoms with Crippen LogP contribution in [0.1, 0.15) is 23.1 Å². The number of hydrogen-bond donors (Lipinski definition) is 2. The van der Waals surface area contributed by atoms with Crippen molar-refractivity contribution in [2.24, 2.45) is 7.05 Å². The Morgan fingerprint density at radius 2 is 2.29 bits per heavy atom. The number of benzene rings is 1. The Balaban J connectivity index is 2.00. The largest absolute Gasteiger partial charge is 0.462 e. The van der Waals surface area contributed by atoms with E-state index in [1.54, 1.807) is 31.3 Å². The molecule has 1 heterocycles. The number of nitrogens with one attached hydrogen (secondary N) is 1. The Bertz CT molecular complexity index is 622. The smallest absolute Gasteiger partial charge is 0.338 e.